The molecule has 2 heterocycles. The second-order valence-electron chi connectivity index (χ2n) is 9.45. The molecule has 0 aliphatic carbocycles. The first-order valence-corrected chi connectivity index (χ1v) is 12.9. The normalized spacial score (nSPS) is 24.1. The minimum atomic E-state index is -3.52. The Hall–Kier alpha value is -1.73. The van der Waals surface area contributed by atoms with Gasteiger partial charge in [-0.1, -0.05) is 55.5 Å². The van der Waals surface area contributed by atoms with Gasteiger partial charge >= 0.3 is 0 Å². The van der Waals surface area contributed by atoms with E-state index in [-0.39, 0.29) is 5.41 Å². The number of piperidine rings is 1. The highest BCUT2D eigenvalue weighted by molar-refractivity contribution is 7.89. The molecule has 2 saturated heterocycles. The van der Waals surface area contributed by atoms with Crippen molar-refractivity contribution in [3.63, 3.8) is 0 Å². The summed E-state index contributed by atoms with van der Waals surface area (Å²) in [7, 11) is -1.82. The van der Waals surface area contributed by atoms with Crippen LogP contribution in [0.5, 0.6) is 0 Å². The summed E-state index contributed by atoms with van der Waals surface area (Å²) < 4.78 is 27.9. The average Bonchev–Trinajstić information content (AvgIpc) is 3.27. The zero-order valence-corrected chi connectivity index (χ0v) is 19.5. The van der Waals surface area contributed by atoms with Gasteiger partial charge in [-0.15, -0.1) is 0 Å². The number of fused-ring (bicyclic) bond motifs is 1. The molecule has 0 aromatic heterocycles. The van der Waals surface area contributed by atoms with Crippen LogP contribution in [0.4, 0.5) is 0 Å². The summed E-state index contributed by atoms with van der Waals surface area (Å²) in [5, 5.41) is 3.64. The van der Waals surface area contributed by atoms with E-state index in [2.05, 4.69) is 41.4 Å². The summed E-state index contributed by atoms with van der Waals surface area (Å²) in [6.45, 7) is 7.08. The van der Waals surface area contributed by atoms with Gasteiger partial charge in [0.05, 0.1) is 4.90 Å². The van der Waals surface area contributed by atoms with E-state index >= 15 is 0 Å². The molecule has 4 rings (SSSR count). The summed E-state index contributed by atoms with van der Waals surface area (Å²) in [5.74, 6) is 0.762. The van der Waals surface area contributed by atoms with Gasteiger partial charge in [0.1, 0.15) is 0 Å². The number of rotatable bonds is 8. The highest BCUT2D eigenvalue weighted by Crippen LogP contribution is 2.32. The first kappa shape index (κ1) is 22.5. The van der Waals surface area contributed by atoms with Crippen LogP contribution in [0, 0.1) is 5.92 Å². The van der Waals surface area contributed by atoms with Crippen molar-refractivity contribution in [2.45, 2.75) is 42.5 Å². The maximum absolute atomic E-state index is 13.2. The summed E-state index contributed by atoms with van der Waals surface area (Å²) in [6, 6.07) is 19.8. The second kappa shape index (κ2) is 9.41. The van der Waals surface area contributed by atoms with E-state index < -0.39 is 10.0 Å². The molecule has 0 saturated carbocycles. The van der Waals surface area contributed by atoms with Crippen molar-refractivity contribution in [2.75, 3.05) is 39.8 Å². The van der Waals surface area contributed by atoms with Gasteiger partial charge in [0.25, 0.3) is 0 Å². The molecule has 1 N–H and O–H groups in total. The maximum atomic E-state index is 13.2. The average molecular weight is 442 g/mol. The van der Waals surface area contributed by atoms with Crippen molar-refractivity contribution < 1.29 is 8.42 Å². The molecule has 0 spiro atoms. The Kier molecular flexibility index (Phi) is 6.82. The van der Waals surface area contributed by atoms with E-state index in [9.17, 15) is 8.42 Å². The number of hydrogen-bond donors (Lipinski definition) is 1. The lowest BCUT2D eigenvalue weighted by atomic mass is 9.79. The Morgan fingerprint density at radius 2 is 1.74 bits per heavy atom. The first-order chi connectivity index (χ1) is 14.9. The zero-order chi connectivity index (χ0) is 21.9. The molecule has 3 unspecified atom stereocenters. The molecule has 2 aliphatic heterocycles. The van der Waals surface area contributed by atoms with E-state index in [0.29, 0.717) is 17.5 Å². The summed E-state index contributed by atoms with van der Waals surface area (Å²) in [6.07, 6.45) is 3.42. The molecule has 2 fully saturated rings. The molecular weight excluding hydrogens is 406 g/mol. The van der Waals surface area contributed by atoms with Crippen LogP contribution in [0.25, 0.3) is 0 Å². The summed E-state index contributed by atoms with van der Waals surface area (Å²) >= 11 is 0. The molecule has 0 radical (unpaired) electrons. The third-order valence-corrected chi connectivity index (χ3v) is 9.03. The van der Waals surface area contributed by atoms with Gasteiger partial charge in [0.15, 0.2) is 0 Å². The maximum Gasteiger partial charge on any atom is 0.242 e. The highest BCUT2D eigenvalue weighted by Gasteiger charge is 2.36. The van der Waals surface area contributed by atoms with Crippen LogP contribution < -0.4 is 5.32 Å². The van der Waals surface area contributed by atoms with Crippen molar-refractivity contribution >= 4 is 10.0 Å². The molecule has 0 amide bonds. The lowest BCUT2D eigenvalue weighted by molar-refractivity contribution is 0.148. The Balaban J connectivity index is 1.50. The Morgan fingerprint density at radius 3 is 2.45 bits per heavy atom. The van der Waals surface area contributed by atoms with Gasteiger partial charge in [0.2, 0.25) is 10.0 Å². The van der Waals surface area contributed by atoms with Crippen molar-refractivity contribution in [1.82, 2.24) is 14.5 Å². The van der Waals surface area contributed by atoms with Crippen LogP contribution in [0.1, 0.15) is 31.7 Å². The van der Waals surface area contributed by atoms with Gasteiger partial charge in [-0.2, -0.15) is 0 Å². The standard InChI is InChI=1S/C25H35N3O2S/c1-25(22-9-5-3-6-10-22,15-18-28-17-14-24-21(19-28)13-16-26-24)20-27(2)31(29,30)23-11-7-4-8-12-23/h3-12,21,24,26H,13-20H2,1-2H3. The number of nitrogens with zero attached hydrogens (tertiary/aromatic N) is 2. The lowest BCUT2D eigenvalue weighted by Crippen LogP contribution is -2.47. The second-order valence-corrected chi connectivity index (χ2v) is 11.5. The van der Waals surface area contributed by atoms with Crippen LogP contribution in [-0.4, -0.2) is 63.4 Å². The smallest absolute Gasteiger partial charge is 0.242 e. The molecular formula is C25H35N3O2S. The minimum absolute atomic E-state index is 0.261. The lowest BCUT2D eigenvalue weighted by Gasteiger charge is -2.39. The fraction of sp³-hybridized carbons (Fsp3) is 0.520. The number of sulfonamides is 1. The third kappa shape index (κ3) is 5.03. The van der Waals surface area contributed by atoms with Crippen molar-refractivity contribution in [1.29, 1.82) is 0 Å². The van der Waals surface area contributed by atoms with Crippen LogP contribution in [-0.2, 0) is 15.4 Å². The molecule has 3 atom stereocenters. The summed E-state index contributed by atoms with van der Waals surface area (Å²) in [4.78, 5) is 2.94. The minimum Gasteiger partial charge on any atom is -0.314 e. The van der Waals surface area contributed by atoms with E-state index in [4.69, 9.17) is 0 Å². The van der Waals surface area contributed by atoms with Crippen LogP contribution >= 0.6 is 0 Å². The predicted octanol–water partition coefficient (Wildman–Crippen LogP) is 3.34. The molecule has 2 aromatic carbocycles. The van der Waals surface area contributed by atoms with Crippen LogP contribution in [0.2, 0.25) is 0 Å². The molecule has 168 valence electrons. The quantitative estimate of drug-likeness (QED) is 0.683. The largest absolute Gasteiger partial charge is 0.314 e. The van der Waals surface area contributed by atoms with Crippen LogP contribution in [0.15, 0.2) is 65.6 Å². The van der Waals surface area contributed by atoms with Gasteiger partial charge < -0.3 is 10.2 Å². The predicted molar refractivity (Wildman–Crippen MR) is 126 cm³/mol. The topological polar surface area (TPSA) is 52.6 Å². The monoisotopic (exact) mass is 441 g/mol. The Bertz CT molecular complexity index is 951. The fourth-order valence-electron chi connectivity index (χ4n) is 5.23. The third-order valence-electron chi connectivity index (χ3n) is 7.21. The van der Waals surface area contributed by atoms with Crippen molar-refractivity contribution in [3.05, 3.63) is 66.2 Å². The van der Waals surface area contributed by atoms with Gasteiger partial charge in [-0.25, -0.2) is 12.7 Å². The highest BCUT2D eigenvalue weighted by atomic mass is 32.2. The molecule has 0 bridgehead atoms. The molecule has 31 heavy (non-hydrogen) atoms. The van der Waals surface area contributed by atoms with E-state index in [1.165, 1.54) is 22.7 Å². The van der Waals surface area contributed by atoms with E-state index in [1.54, 1.807) is 31.3 Å². The number of likely N-dealkylation sites (tertiary alicyclic amines) is 1. The Morgan fingerprint density at radius 1 is 1.06 bits per heavy atom. The van der Waals surface area contributed by atoms with Crippen molar-refractivity contribution in [3.8, 4) is 0 Å². The molecule has 6 heteroatoms. The van der Waals surface area contributed by atoms with Crippen LogP contribution in [0.3, 0.4) is 0 Å². The van der Waals surface area contributed by atoms with Gasteiger partial charge in [0, 0.05) is 31.6 Å². The first-order valence-electron chi connectivity index (χ1n) is 11.4. The molecule has 2 aliphatic rings. The zero-order valence-electron chi connectivity index (χ0n) is 18.7. The van der Waals surface area contributed by atoms with Crippen molar-refractivity contribution in [2.24, 2.45) is 5.92 Å². The number of hydrogen-bond acceptors (Lipinski definition) is 4. The van der Waals surface area contributed by atoms with E-state index in [1.807, 2.05) is 12.1 Å². The number of likely N-dealkylation sites (N-methyl/N-ethyl adjacent to an activating group) is 1. The van der Waals surface area contributed by atoms with E-state index in [0.717, 1.165) is 38.5 Å². The number of benzene rings is 2. The number of nitrogens with one attached hydrogen (secondary N) is 1. The Labute approximate surface area is 187 Å². The van der Waals surface area contributed by atoms with Gasteiger partial charge in [-0.05, 0) is 62.5 Å². The fourth-order valence-corrected chi connectivity index (χ4v) is 6.55. The SMILES string of the molecule is CN(CC(C)(CCN1CCC2NCCC2C1)c1ccccc1)S(=O)(=O)c1ccccc1. The molecule has 5 nitrogen and oxygen atoms in total. The van der Waals surface area contributed by atoms with Gasteiger partial charge in [-0.3, -0.25) is 0 Å². The molecule has 2 aromatic rings. The summed E-state index contributed by atoms with van der Waals surface area (Å²) in [5.41, 5.74) is 0.936.